The van der Waals surface area contributed by atoms with Crippen molar-refractivity contribution in [2.75, 3.05) is 20.8 Å². The number of ether oxygens (including phenoxy) is 3. The number of hydrogen-bond acceptors (Lipinski definition) is 8. The van der Waals surface area contributed by atoms with E-state index in [-0.39, 0.29) is 11.9 Å². The summed E-state index contributed by atoms with van der Waals surface area (Å²) < 4.78 is 18.1. The third-order valence-corrected chi connectivity index (χ3v) is 5.69. The van der Waals surface area contributed by atoms with Gasteiger partial charge in [0.2, 0.25) is 0 Å². The van der Waals surface area contributed by atoms with Gasteiger partial charge in [0, 0.05) is 32.1 Å². The molecule has 0 aliphatic carbocycles. The van der Waals surface area contributed by atoms with Crippen LogP contribution in [0, 0.1) is 0 Å². The smallest absolute Gasteiger partial charge is 0.169 e. The average Bonchev–Trinajstić information content (AvgIpc) is 3.18. The summed E-state index contributed by atoms with van der Waals surface area (Å²) in [5.41, 5.74) is 1.98. The van der Waals surface area contributed by atoms with Crippen LogP contribution < -0.4 is 5.32 Å². The molecular formula is C17H23N5O3S. The van der Waals surface area contributed by atoms with E-state index in [4.69, 9.17) is 19.2 Å². The highest BCUT2D eigenvalue weighted by Crippen LogP contribution is 2.39. The number of rotatable bonds is 6. The molecule has 0 saturated carbocycles. The lowest BCUT2D eigenvalue weighted by atomic mass is 9.94. The van der Waals surface area contributed by atoms with E-state index in [1.807, 2.05) is 0 Å². The van der Waals surface area contributed by atoms with Crippen LogP contribution >= 0.6 is 11.3 Å². The fraction of sp³-hybridized carbons (Fsp3) is 0.588. The van der Waals surface area contributed by atoms with Gasteiger partial charge < -0.3 is 19.5 Å². The lowest BCUT2D eigenvalue weighted by Crippen LogP contribution is -2.31. The molecule has 1 N–H and O–H groups in total. The van der Waals surface area contributed by atoms with Crippen LogP contribution in [-0.4, -0.2) is 52.2 Å². The van der Waals surface area contributed by atoms with E-state index in [9.17, 15) is 0 Å². The van der Waals surface area contributed by atoms with Crippen LogP contribution in [0.3, 0.4) is 0 Å². The second-order valence-electron chi connectivity index (χ2n) is 6.98. The van der Waals surface area contributed by atoms with Crippen molar-refractivity contribution in [3.63, 3.8) is 0 Å². The van der Waals surface area contributed by atoms with Crippen molar-refractivity contribution < 1.29 is 14.2 Å². The summed E-state index contributed by atoms with van der Waals surface area (Å²) >= 11 is 1.69. The van der Waals surface area contributed by atoms with Crippen LogP contribution in [0.2, 0.25) is 0 Å². The highest BCUT2D eigenvalue weighted by Gasteiger charge is 2.30. The molecule has 0 fully saturated rings. The highest BCUT2D eigenvalue weighted by molar-refractivity contribution is 7.19. The fourth-order valence-corrected chi connectivity index (χ4v) is 4.29. The monoisotopic (exact) mass is 377 g/mol. The van der Waals surface area contributed by atoms with Gasteiger partial charge in [-0.1, -0.05) is 0 Å². The Morgan fingerprint density at radius 3 is 2.96 bits per heavy atom. The highest BCUT2D eigenvalue weighted by atomic mass is 32.1. The van der Waals surface area contributed by atoms with E-state index in [1.54, 1.807) is 36.4 Å². The zero-order valence-corrected chi connectivity index (χ0v) is 16.2. The molecule has 0 unspecified atom stereocenters. The minimum atomic E-state index is -0.286. The van der Waals surface area contributed by atoms with Crippen LogP contribution in [0.15, 0.2) is 6.33 Å². The Morgan fingerprint density at radius 1 is 1.38 bits per heavy atom. The Hall–Kier alpha value is -1.65. The Labute approximate surface area is 155 Å². The Morgan fingerprint density at radius 2 is 2.19 bits per heavy atom. The zero-order chi connectivity index (χ0) is 18.3. The number of nitrogens with one attached hydrogen (secondary N) is 1. The third-order valence-electron chi connectivity index (χ3n) is 4.57. The van der Waals surface area contributed by atoms with E-state index in [0.717, 1.165) is 28.1 Å². The number of aromatic nitrogens is 4. The van der Waals surface area contributed by atoms with Gasteiger partial charge in [0.15, 0.2) is 17.8 Å². The molecule has 0 saturated heterocycles. The summed E-state index contributed by atoms with van der Waals surface area (Å²) in [4.78, 5) is 11.6. The quantitative estimate of drug-likeness (QED) is 0.657. The predicted molar refractivity (Wildman–Crippen MR) is 98.2 cm³/mol. The molecule has 140 valence electrons. The molecule has 8 nitrogen and oxygen atoms in total. The maximum Gasteiger partial charge on any atom is 0.169 e. The first kappa shape index (κ1) is 17.7. The largest absolute Gasteiger partial charge is 0.370 e. The van der Waals surface area contributed by atoms with Gasteiger partial charge in [-0.15, -0.1) is 16.4 Å². The van der Waals surface area contributed by atoms with Crippen LogP contribution in [-0.2, 0) is 33.8 Å². The summed E-state index contributed by atoms with van der Waals surface area (Å²) in [5, 5.41) is 8.91. The maximum absolute atomic E-state index is 5.94. The number of thiophene rings is 1. The van der Waals surface area contributed by atoms with E-state index in [0.29, 0.717) is 19.7 Å². The van der Waals surface area contributed by atoms with Crippen molar-refractivity contribution in [1.82, 2.24) is 24.9 Å². The van der Waals surface area contributed by atoms with Gasteiger partial charge in [0.05, 0.1) is 24.1 Å². The molecule has 3 aromatic rings. The molecule has 0 amide bonds. The first-order valence-corrected chi connectivity index (χ1v) is 9.37. The first-order chi connectivity index (χ1) is 12.5. The molecule has 0 spiro atoms. The first-order valence-electron chi connectivity index (χ1n) is 8.55. The van der Waals surface area contributed by atoms with Crippen molar-refractivity contribution in [3.8, 4) is 0 Å². The molecule has 4 rings (SSSR count). The Kier molecular flexibility index (Phi) is 4.66. The number of methoxy groups -OCH3 is 2. The summed E-state index contributed by atoms with van der Waals surface area (Å²) in [6, 6.07) is 0. The molecular weight excluding hydrogens is 354 g/mol. The molecule has 0 radical (unpaired) electrons. The van der Waals surface area contributed by atoms with Gasteiger partial charge in [-0.05, 0) is 19.4 Å². The molecule has 1 aliphatic heterocycles. The summed E-state index contributed by atoms with van der Waals surface area (Å²) in [5.74, 6) is 0.719. The predicted octanol–water partition coefficient (Wildman–Crippen LogP) is 1.90. The molecule has 0 atom stereocenters. The summed E-state index contributed by atoms with van der Waals surface area (Å²) in [6.45, 7) is 5.97. The molecule has 0 aromatic carbocycles. The fourth-order valence-electron chi connectivity index (χ4n) is 3.23. The van der Waals surface area contributed by atoms with E-state index < -0.39 is 0 Å². The van der Waals surface area contributed by atoms with Gasteiger partial charge in [-0.25, -0.2) is 14.5 Å². The molecule has 4 heterocycles. The Balaban J connectivity index is 1.65. The van der Waals surface area contributed by atoms with Gasteiger partial charge in [-0.3, -0.25) is 0 Å². The number of nitrogens with zero attached hydrogens (tertiary/aromatic N) is 4. The van der Waals surface area contributed by atoms with Crippen molar-refractivity contribution in [3.05, 3.63) is 22.6 Å². The van der Waals surface area contributed by atoms with Gasteiger partial charge >= 0.3 is 0 Å². The van der Waals surface area contributed by atoms with Crippen LogP contribution in [0.1, 0.15) is 30.1 Å². The maximum atomic E-state index is 5.94. The third kappa shape index (κ3) is 3.21. The van der Waals surface area contributed by atoms with E-state index >= 15 is 0 Å². The second-order valence-corrected chi connectivity index (χ2v) is 8.07. The number of hydrogen-bond donors (Lipinski definition) is 1. The lowest BCUT2D eigenvalue weighted by molar-refractivity contribution is -0.0989. The minimum Gasteiger partial charge on any atom is -0.370 e. The summed E-state index contributed by atoms with van der Waals surface area (Å²) in [7, 11) is 3.23. The minimum absolute atomic E-state index is 0.173. The summed E-state index contributed by atoms with van der Waals surface area (Å²) in [6.07, 6.45) is 2.30. The zero-order valence-electron chi connectivity index (χ0n) is 15.4. The van der Waals surface area contributed by atoms with Gasteiger partial charge in [-0.2, -0.15) is 0 Å². The molecule has 26 heavy (non-hydrogen) atoms. The Bertz CT molecular complexity index is 931. The van der Waals surface area contributed by atoms with Crippen LogP contribution in [0.4, 0.5) is 0 Å². The lowest BCUT2D eigenvalue weighted by Gasteiger charge is -2.30. The molecule has 1 aliphatic rings. The van der Waals surface area contributed by atoms with Crippen LogP contribution in [0.5, 0.6) is 0 Å². The van der Waals surface area contributed by atoms with Crippen molar-refractivity contribution in [1.29, 1.82) is 0 Å². The standard InChI is InChI=1S/C17H23N5O3S/c1-17(2)5-10-11(8-25-17)26-16-14(10)15-20-12(21-22(15)9-19-16)6-18-7-13(23-3)24-4/h9,13,18H,5-8H2,1-4H3. The van der Waals surface area contributed by atoms with Gasteiger partial charge in [0.25, 0.3) is 0 Å². The van der Waals surface area contributed by atoms with Crippen molar-refractivity contribution >= 4 is 27.2 Å². The number of fused-ring (bicyclic) bond motifs is 5. The van der Waals surface area contributed by atoms with Gasteiger partial charge in [0.1, 0.15) is 11.2 Å². The topological polar surface area (TPSA) is 82.8 Å². The molecule has 3 aromatic heterocycles. The molecule has 0 bridgehead atoms. The normalized spacial score (nSPS) is 16.7. The SMILES string of the molecule is COC(CNCc1nc2c3c4c(sc3ncn2n1)COC(C)(C)C4)OC. The van der Waals surface area contributed by atoms with Crippen LogP contribution in [0.25, 0.3) is 15.9 Å². The molecule has 9 heteroatoms. The average molecular weight is 377 g/mol. The second kappa shape index (κ2) is 6.82. The van der Waals surface area contributed by atoms with Crippen molar-refractivity contribution in [2.45, 2.75) is 45.3 Å². The van der Waals surface area contributed by atoms with E-state index in [2.05, 4.69) is 29.2 Å². The van der Waals surface area contributed by atoms with E-state index in [1.165, 1.54) is 10.4 Å². The van der Waals surface area contributed by atoms with Crippen molar-refractivity contribution in [2.24, 2.45) is 0 Å².